The molecule has 3 rings (SSSR count). The Morgan fingerprint density at radius 1 is 1.32 bits per heavy atom. The Morgan fingerprint density at radius 2 is 2.14 bits per heavy atom. The molecule has 1 fully saturated rings. The van der Waals surface area contributed by atoms with Gasteiger partial charge >= 0.3 is 0 Å². The summed E-state index contributed by atoms with van der Waals surface area (Å²) in [5.41, 5.74) is 0.893. The minimum atomic E-state index is -3.16. The molecule has 0 saturated carbocycles. The normalized spacial score (nSPS) is 20.2. The van der Waals surface area contributed by atoms with Crippen LogP contribution in [-0.2, 0) is 10.0 Å². The summed E-state index contributed by atoms with van der Waals surface area (Å²) >= 11 is 0. The number of aryl methyl sites for hydroxylation is 1. The average molecular weight is 321 g/mol. The maximum Gasteiger partial charge on any atom is 0.211 e. The molecule has 22 heavy (non-hydrogen) atoms. The molecular formula is C14H19N5O2S. The first-order valence-electron chi connectivity index (χ1n) is 7.22. The second-order valence-electron chi connectivity index (χ2n) is 5.63. The first-order valence-corrected chi connectivity index (χ1v) is 9.07. The van der Waals surface area contributed by atoms with Gasteiger partial charge in [0.15, 0.2) is 0 Å². The van der Waals surface area contributed by atoms with Gasteiger partial charge in [0.1, 0.15) is 18.0 Å². The van der Waals surface area contributed by atoms with E-state index in [-0.39, 0.29) is 5.92 Å². The van der Waals surface area contributed by atoms with Gasteiger partial charge in [-0.2, -0.15) is 0 Å². The number of rotatable bonds is 3. The lowest BCUT2D eigenvalue weighted by Crippen LogP contribution is -2.38. The zero-order valence-corrected chi connectivity index (χ0v) is 13.5. The molecule has 3 heterocycles. The van der Waals surface area contributed by atoms with E-state index in [2.05, 4.69) is 15.0 Å². The van der Waals surface area contributed by atoms with Gasteiger partial charge in [-0.3, -0.25) is 4.57 Å². The molecule has 1 aliphatic heterocycles. The molecule has 0 amide bonds. The van der Waals surface area contributed by atoms with Gasteiger partial charge in [-0.25, -0.2) is 27.7 Å². The molecule has 1 saturated heterocycles. The van der Waals surface area contributed by atoms with Crippen LogP contribution >= 0.6 is 0 Å². The number of hydrogen-bond donors (Lipinski definition) is 0. The highest BCUT2D eigenvalue weighted by atomic mass is 32.2. The van der Waals surface area contributed by atoms with Crippen molar-refractivity contribution in [3.05, 3.63) is 36.3 Å². The predicted molar refractivity (Wildman–Crippen MR) is 82.3 cm³/mol. The fourth-order valence-electron chi connectivity index (χ4n) is 2.80. The zero-order chi connectivity index (χ0) is 15.7. The van der Waals surface area contributed by atoms with Crippen molar-refractivity contribution in [2.24, 2.45) is 0 Å². The van der Waals surface area contributed by atoms with Gasteiger partial charge in [-0.1, -0.05) is 0 Å². The molecule has 2 aromatic heterocycles. The third-order valence-electron chi connectivity index (χ3n) is 3.88. The molecule has 2 aromatic rings. The second kappa shape index (κ2) is 5.77. The van der Waals surface area contributed by atoms with E-state index in [4.69, 9.17) is 0 Å². The summed E-state index contributed by atoms with van der Waals surface area (Å²) in [4.78, 5) is 13.0. The highest BCUT2D eigenvalue weighted by Gasteiger charge is 2.28. The van der Waals surface area contributed by atoms with Crippen LogP contribution in [0.15, 0.2) is 24.8 Å². The SMILES string of the molecule is Cc1nc(C2CCCN(S(C)(=O)=O)C2)cc(-n2ccnc2)n1. The number of aromatic nitrogens is 4. The smallest absolute Gasteiger partial charge is 0.211 e. The Balaban J connectivity index is 1.91. The summed E-state index contributed by atoms with van der Waals surface area (Å²) in [6.45, 7) is 2.92. The van der Waals surface area contributed by atoms with Crippen LogP contribution < -0.4 is 0 Å². The average Bonchev–Trinajstić information content (AvgIpc) is 3.00. The molecule has 0 aromatic carbocycles. The Labute approximate surface area is 130 Å². The summed E-state index contributed by atoms with van der Waals surface area (Å²) in [5, 5.41) is 0. The van der Waals surface area contributed by atoms with Crippen molar-refractivity contribution in [3.8, 4) is 5.82 Å². The largest absolute Gasteiger partial charge is 0.290 e. The molecule has 0 aliphatic carbocycles. The molecule has 118 valence electrons. The number of hydrogen-bond acceptors (Lipinski definition) is 5. The van der Waals surface area contributed by atoms with Crippen molar-refractivity contribution in [3.63, 3.8) is 0 Å². The van der Waals surface area contributed by atoms with Crippen LogP contribution in [0.5, 0.6) is 0 Å². The lowest BCUT2D eigenvalue weighted by Gasteiger charge is -2.30. The molecular weight excluding hydrogens is 302 g/mol. The standard InChI is InChI=1S/C14H19N5O2S/c1-11-16-13(8-14(17-11)18-7-5-15-10-18)12-4-3-6-19(9-12)22(2,20)21/h5,7-8,10,12H,3-4,6,9H2,1-2H3. The summed E-state index contributed by atoms with van der Waals surface area (Å²) < 4.78 is 26.9. The van der Waals surface area contributed by atoms with Crippen molar-refractivity contribution in [1.29, 1.82) is 0 Å². The fourth-order valence-corrected chi connectivity index (χ4v) is 3.71. The van der Waals surface area contributed by atoms with E-state index in [1.807, 2.05) is 23.8 Å². The lowest BCUT2D eigenvalue weighted by molar-refractivity contribution is 0.314. The first kappa shape index (κ1) is 15.1. The van der Waals surface area contributed by atoms with E-state index in [1.165, 1.54) is 10.6 Å². The van der Waals surface area contributed by atoms with Crippen LogP contribution in [0.25, 0.3) is 5.82 Å². The van der Waals surface area contributed by atoms with E-state index < -0.39 is 10.0 Å². The van der Waals surface area contributed by atoms with Crippen LogP contribution in [0.4, 0.5) is 0 Å². The van der Waals surface area contributed by atoms with Gasteiger partial charge in [0, 0.05) is 37.5 Å². The van der Waals surface area contributed by atoms with Crippen LogP contribution in [0.2, 0.25) is 0 Å². The van der Waals surface area contributed by atoms with Crippen LogP contribution in [-0.4, -0.2) is 51.6 Å². The molecule has 1 aliphatic rings. The molecule has 7 nitrogen and oxygen atoms in total. The third kappa shape index (κ3) is 3.17. The molecule has 1 atom stereocenters. The number of piperidine rings is 1. The van der Waals surface area contributed by atoms with Crippen LogP contribution in [0.3, 0.4) is 0 Å². The Hall–Kier alpha value is -1.80. The predicted octanol–water partition coefficient (Wildman–Crippen LogP) is 1.11. The zero-order valence-electron chi connectivity index (χ0n) is 12.7. The third-order valence-corrected chi connectivity index (χ3v) is 5.15. The van der Waals surface area contributed by atoms with Gasteiger partial charge in [-0.05, 0) is 19.8 Å². The van der Waals surface area contributed by atoms with Crippen molar-refractivity contribution >= 4 is 10.0 Å². The number of nitrogens with zero attached hydrogens (tertiary/aromatic N) is 5. The maximum atomic E-state index is 11.8. The lowest BCUT2D eigenvalue weighted by atomic mass is 9.96. The number of sulfonamides is 1. The van der Waals surface area contributed by atoms with E-state index in [1.54, 1.807) is 12.5 Å². The highest BCUT2D eigenvalue weighted by molar-refractivity contribution is 7.88. The Bertz CT molecular complexity index is 758. The fraction of sp³-hybridized carbons (Fsp3) is 0.500. The Kier molecular flexibility index (Phi) is 3.96. The molecule has 8 heteroatoms. The first-order chi connectivity index (χ1) is 10.4. The summed E-state index contributed by atoms with van der Waals surface area (Å²) in [7, 11) is -3.16. The molecule has 0 N–H and O–H groups in total. The minimum absolute atomic E-state index is 0.104. The maximum absolute atomic E-state index is 11.8. The van der Waals surface area contributed by atoms with Crippen molar-refractivity contribution in [1.82, 2.24) is 23.8 Å². The van der Waals surface area contributed by atoms with Gasteiger partial charge in [-0.15, -0.1) is 0 Å². The summed E-state index contributed by atoms with van der Waals surface area (Å²) in [6.07, 6.45) is 8.26. The molecule has 1 unspecified atom stereocenters. The van der Waals surface area contributed by atoms with Crippen molar-refractivity contribution in [2.45, 2.75) is 25.7 Å². The van der Waals surface area contributed by atoms with Gasteiger partial charge in [0.05, 0.1) is 11.9 Å². The van der Waals surface area contributed by atoms with Crippen molar-refractivity contribution < 1.29 is 8.42 Å². The van der Waals surface area contributed by atoms with E-state index in [9.17, 15) is 8.42 Å². The van der Waals surface area contributed by atoms with Crippen LogP contribution in [0.1, 0.15) is 30.3 Å². The number of imidazole rings is 1. The van der Waals surface area contributed by atoms with Crippen LogP contribution in [0, 0.1) is 6.92 Å². The van der Waals surface area contributed by atoms with Gasteiger partial charge in [0.25, 0.3) is 0 Å². The minimum Gasteiger partial charge on any atom is -0.290 e. The van der Waals surface area contributed by atoms with Gasteiger partial charge < -0.3 is 0 Å². The van der Waals surface area contributed by atoms with Gasteiger partial charge in [0.2, 0.25) is 10.0 Å². The Morgan fingerprint density at radius 3 is 2.82 bits per heavy atom. The topological polar surface area (TPSA) is 81.0 Å². The van der Waals surface area contributed by atoms with Crippen molar-refractivity contribution in [2.75, 3.05) is 19.3 Å². The van der Waals surface area contributed by atoms with E-state index >= 15 is 0 Å². The molecule has 0 bridgehead atoms. The summed E-state index contributed by atoms with van der Waals surface area (Å²) in [5.74, 6) is 1.54. The van der Waals surface area contributed by atoms with E-state index in [0.717, 1.165) is 24.4 Å². The van der Waals surface area contributed by atoms with E-state index in [0.29, 0.717) is 18.9 Å². The second-order valence-corrected chi connectivity index (χ2v) is 7.61. The highest BCUT2D eigenvalue weighted by Crippen LogP contribution is 2.27. The monoisotopic (exact) mass is 321 g/mol. The summed E-state index contributed by atoms with van der Waals surface area (Å²) in [6, 6.07) is 1.92. The molecule has 0 radical (unpaired) electrons. The molecule has 0 spiro atoms. The quantitative estimate of drug-likeness (QED) is 0.846.